The summed E-state index contributed by atoms with van der Waals surface area (Å²) in [6, 6.07) is 9.00. The van der Waals surface area contributed by atoms with Gasteiger partial charge in [0.15, 0.2) is 18.2 Å². The van der Waals surface area contributed by atoms with Crippen molar-refractivity contribution in [1.82, 2.24) is 0 Å². The Morgan fingerprint density at radius 2 is 1.59 bits per heavy atom. The van der Waals surface area contributed by atoms with E-state index in [1.807, 2.05) is 25.1 Å². The van der Waals surface area contributed by atoms with E-state index in [2.05, 4.69) is 37.2 Å². The number of amides is 1. The van der Waals surface area contributed by atoms with E-state index in [0.717, 1.165) is 24.0 Å². The number of ether oxygens (including phenoxy) is 2. The molecular weight excluding hydrogens is 626 g/mol. The van der Waals surface area contributed by atoms with Gasteiger partial charge in [0.2, 0.25) is 0 Å². The SMILES string of the molecule is Cc1ccc(NC(=O)COc2c(Br)cc(C3C4=C(CCCC4=O)OC4=C3C(=O)CCC4)cc2Br)cc1Cl. The maximum atomic E-state index is 13.0. The molecule has 1 heterocycles. The lowest BCUT2D eigenvalue weighted by atomic mass is 9.73. The Morgan fingerprint density at radius 1 is 1.00 bits per heavy atom. The summed E-state index contributed by atoms with van der Waals surface area (Å²) in [7, 11) is 0. The summed E-state index contributed by atoms with van der Waals surface area (Å²) in [6.07, 6.45) is 3.76. The van der Waals surface area contributed by atoms with E-state index in [-0.39, 0.29) is 24.1 Å². The molecule has 0 bridgehead atoms. The Labute approximate surface area is 236 Å². The van der Waals surface area contributed by atoms with Gasteiger partial charge in [-0.25, -0.2) is 0 Å². The normalized spacial score (nSPS) is 17.8. The van der Waals surface area contributed by atoms with E-state index >= 15 is 0 Å². The summed E-state index contributed by atoms with van der Waals surface area (Å²) in [5, 5.41) is 3.34. The van der Waals surface area contributed by atoms with Gasteiger partial charge < -0.3 is 14.8 Å². The van der Waals surface area contributed by atoms with Gasteiger partial charge in [0, 0.05) is 53.5 Å². The van der Waals surface area contributed by atoms with E-state index in [9.17, 15) is 14.4 Å². The lowest BCUT2D eigenvalue weighted by Crippen LogP contribution is -2.30. The van der Waals surface area contributed by atoms with Crippen LogP contribution in [0.3, 0.4) is 0 Å². The largest absolute Gasteiger partial charge is 0.481 e. The molecule has 1 amide bonds. The molecule has 1 N–H and O–H groups in total. The number of allylic oxidation sites excluding steroid dienone is 4. The van der Waals surface area contributed by atoms with Gasteiger partial charge in [-0.1, -0.05) is 17.7 Å². The molecule has 37 heavy (non-hydrogen) atoms. The van der Waals surface area contributed by atoms with Crippen molar-refractivity contribution >= 4 is 66.6 Å². The molecule has 2 aromatic carbocycles. The molecule has 192 valence electrons. The molecule has 0 saturated carbocycles. The van der Waals surface area contributed by atoms with Crippen LogP contribution in [0.5, 0.6) is 5.75 Å². The predicted octanol–water partition coefficient (Wildman–Crippen LogP) is 7.32. The van der Waals surface area contributed by atoms with Gasteiger partial charge in [-0.3, -0.25) is 14.4 Å². The third-order valence-electron chi connectivity index (χ3n) is 6.80. The number of carbonyl (C=O) groups excluding carboxylic acids is 3. The second-order valence-electron chi connectivity index (χ2n) is 9.38. The van der Waals surface area contributed by atoms with Gasteiger partial charge >= 0.3 is 0 Å². The number of carbonyl (C=O) groups is 3. The van der Waals surface area contributed by atoms with Crippen molar-refractivity contribution in [2.45, 2.75) is 51.4 Å². The molecule has 0 saturated heterocycles. The van der Waals surface area contributed by atoms with Crippen LogP contribution in [0.25, 0.3) is 0 Å². The van der Waals surface area contributed by atoms with Crippen LogP contribution < -0.4 is 10.1 Å². The Bertz CT molecular complexity index is 1330. The molecule has 2 aromatic rings. The zero-order valence-electron chi connectivity index (χ0n) is 20.1. The van der Waals surface area contributed by atoms with Gasteiger partial charge in [0.1, 0.15) is 17.3 Å². The van der Waals surface area contributed by atoms with Crippen LogP contribution in [-0.2, 0) is 19.1 Å². The zero-order valence-corrected chi connectivity index (χ0v) is 24.0. The highest BCUT2D eigenvalue weighted by molar-refractivity contribution is 9.11. The summed E-state index contributed by atoms with van der Waals surface area (Å²) >= 11 is 13.3. The summed E-state index contributed by atoms with van der Waals surface area (Å²) in [5.41, 5.74) is 3.47. The highest BCUT2D eigenvalue weighted by Crippen LogP contribution is 2.49. The summed E-state index contributed by atoms with van der Waals surface area (Å²) < 4.78 is 13.2. The molecule has 9 heteroatoms. The van der Waals surface area contributed by atoms with Gasteiger partial charge in [-0.15, -0.1) is 0 Å². The van der Waals surface area contributed by atoms with Crippen LogP contribution in [0.2, 0.25) is 5.02 Å². The van der Waals surface area contributed by atoms with Crippen molar-refractivity contribution in [1.29, 1.82) is 0 Å². The van der Waals surface area contributed by atoms with Gasteiger partial charge in [-0.05, 0) is 87.0 Å². The number of aryl methyl sites for hydroxylation is 1. The first-order valence-electron chi connectivity index (χ1n) is 12.1. The fourth-order valence-corrected chi connectivity index (χ4v) is 6.67. The molecule has 0 unspecified atom stereocenters. The van der Waals surface area contributed by atoms with Crippen molar-refractivity contribution < 1.29 is 23.9 Å². The molecule has 0 aromatic heterocycles. The first-order chi connectivity index (χ1) is 17.7. The maximum absolute atomic E-state index is 13.0. The average Bonchev–Trinajstić information content (AvgIpc) is 2.85. The van der Waals surface area contributed by atoms with Gasteiger partial charge in [0.25, 0.3) is 5.91 Å². The zero-order chi connectivity index (χ0) is 26.3. The number of halogens is 3. The molecule has 0 spiro atoms. The topological polar surface area (TPSA) is 81.7 Å². The van der Waals surface area contributed by atoms with Crippen molar-refractivity contribution in [3.8, 4) is 5.75 Å². The first kappa shape index (κ1) is 26.2. The number of nitrogens with one attached hydrogen (secondary N) is 1. The van der Waals surface area contributed by atoms with E-state index in [4.69, 9.17) is 21.1 Å². The fourth-order valence-electron chi connectivity index (χ4n) is 5.04. The van der Waals surface area contributed by atoms with E-state index in [0.29, 0.717) is 73.8 Å². The van der Waals surface area contributed by atoms with Crippen LogP contribution in [0.4, 0.5) is 5.69 Å². The van der Waals surface area contributed by atoms with Gasteiger partial charge in [0.05, 0.1) is 8.95 Å². The predicted molar refractivity (Wildman–Crippen MR) is 148 cm³/mol. The number of anilines is 1. The highest BCUT2D eigenvalue weighted by Gasteiger charge is 2.42. The minimum Gasteiger partial charge on any atom is -0.481 e. The second kappa shape index (κ2) is 10.8. The van der Waals surface area contributed by atoms with Crippen LogP contribution in [-0.4, -0.2) is 24.1 Å². The minimum atomic E-state index is -0.476. The molecule has 3 aliphatic rings. The van der Waals surface area contributed by atoms with E-state index in [1.165, 1.54) is 0 Å². The number of hydrogen-bond donors (Lipinski definition) is 1. The van der Waals surface area contributed by atoms with Crippen molar-refractivity contribution in [2.24, 2.45) is 0 Å². The Kier molecular flexibility index (Phi) is 7.61. The maximum Gasteiger partial charge on any atom is 0.262 e. The standard InChI is InChI=1S/C28H24Br2ClNO5/c1-14-8-9-16(12-19(14)31)32-24(35)13-36-28-17(29)10-15(11-18(28)30)25-26-20(33)4-2-6-22(26)37-23-7-3-5-21(34)27(23)25/h8-12,25H,2-7,13H2,1H3,(H,32,35). The Morgan fingerprint density at radius 3 is 2.16 bits per heavy atom. The van der Waals surface area contributed by atoms with Crippen LogP contribution >= 0.6 is 43.5 Å². The monoisotopic (exact) mass is 647 g/mol. The molecular formula is C28H24Br2ClNO5. The second-order valence-corrected chi connectivity index (χ2v) is 11.5. The number of Topliss-reactive ketones (excluding diaryl/α,β-unsaturated/α-hetero) is 2. The van der Waals surface area contributed by atoms with Crippen LogP contribution in [0, 0.1) is 6.92 Å². The minimum absolute atomic E-state index is 0.0247. The quantitative estimate of drug-likeness (QED) is 0.367. The summed E-state index contributed by atoms with van der Waals surface area (Å²) in [5.74, 6) is 1.06. The third-order valence-corrected chi connectivity index (χ3v) is 8.38. The van der Waals surface area contributed by atoms with Crippen molar-refractivity contribution in [3.63, 3.8) is 0 Å². The van der Waals surface area contributed by atoms with E-state index in [1.54, 1.807) is 12.1 Å². The molecule has 5 rings (SSSR count). The van der Waals surface area contributed by atoms with Crippen molar-refractivity contribution in [3.05, 3.63) is 78.1 Å². The van der Waals surface area contributed by atoms with Crippen molar-refractivity contribution in [2.75, 3.05) is 11.9 Å². The average molecular weight is 650 g/mol. The molecule has 6 nitrogen and oxygen atoms in total. The molecule has 0 atom stereocenters. The lowest BCUT2D eigenvalue weighted by molar-refractivity contribution is -0.119. The fraction of sp³-hybridized carbons (Fsp3) is 0.321. The lowest BCUT2D eigenvalue weighted by Gasteiger charge is -2.36. The number of benzene rings is 2. The Hall–Kier alpha value is -2.42. The van der Waals surface area contributed by atoms with Crippen LogP contribution in [0.1, 0.15) is 55.6 Å². The molecule has 2 aliphatic carbocycles. The smallest absolute Gasteiger partial charge is 0.262 e. The summed E-state index contributed by atoms with van der Waals surface area (Å²) in [4.78, 5) is 38.5. The highest BCUT2D eigenvalue weighted by atomic mass is 79.9. The molecule has 0 radical (unpaired) electrons. The first-order valence-corrected chi connectivity index (χ1v) is 14.1. The van der Waals surface area contributed by atoms with Crippen LogP contribution in [0.15, 0.2) is 61.9 Å². The Balaban J connectivity index is 1.41. The van der Waals surface area contributed by atoms with E-state index < -0.39 is 5.92 Å². The molecule has 1 aliphatic heterocycles. The van der Waals surface area contributed by atoms with Gasteiger partial charge in [-0.2, -0.15) is 0 Å². The number of ketones is 2. The number of rotatable bonds is 5. The summed E-state index contributed by atoms with van der Waals surface area (Å²) in [6.45, 7) is 1.67. The molecule has 0 fully saturated rings. The number of hydrogen-bond acceptors (Lipinski definition) is 5. The third kappa shape index (κ3) is 5.29.